The normalized spacial score (nSPS) is 10.2. The van der Waals surface area contributed by atoms with E-state index in [0.717, 1.165) is 28.3 Å². The highest BCUT2D eigenvalue weighted by molar-refractivity contribution is 6.30. The predicted octanol–water partition coefficient (Wildman–Crippen LogP) is 5.00. The van der Waals surface area contributed by atoms with Gasteiger partial charge in [-0.3, -0.25) is 0 Å². The second kappa shape index (κ2) is 8.73. The van der Waals surface area contributed by atoms with E-state index in [1.807, 2.05) is 72.8 Å². The zero-order valence-corrected chi connectivity index (χ0v) is 17.2. The highest BCUT2D eigenvalue weighted by Crippen LogP contribution is 2.25. The lowest BCUT2D eigenvalue weighted by molar-refractivity contribution is 0.414. The van der Waals surface area contributed by atoms with Crippen LogP contribution in [0.3, 0.4) is 0 Å². The second-order valence-electron chi connectivity index (χ2n) is 6.38. The Hall–Kier alpha value is -3.75. The van der Waals surface area contributed by atoms with Crippen LogP contribution in [0.4, 0.5) is 0 Å². The highest BCUT2D eigenvalue weighted by atomic mass is 35.5. The average Bonchev–Trinajstić information content (AvgIpc) is 3.22. The maximum atomic E-state index is 6.04. The van der Waals surface area contributed by atoms with Crippen LogP contribution in [-0.4, -0.2) is 29.2 Å². The molecule has 0 amide bonds. The first kappa shape index (κ1) is 19.6. The summed E-state index contributed by atoms with van der Waals surface area (Å²) in [6.45, 7) is 0. The van der Waals surface area contributed by atoms with E-state index < -0.39 is 0 Å². The molecule has 3 aromatic carbocycles. The number of hydrogen-bond acceptors (Lipinski definition) is 4. The molecule has 0 saturated carbocycles. The fourth-order valence-electron chi connectivity index (χ4n) is 2.91. The molecule has 0 radical (unpaired) electrons. The predicted molar refractivity (Wildman–Crippen MR) is 117 cm³/mol. The van der Waals surface area contributed by atoms with Gasteiger partial charge in [-0.1, -0.05) is 22.7 Å². The van der Waals surface area contributed by atoms with Crippen molar-refractivity contribution in [3.05, 3.63) is 89.1 Å². The van der Waals surface area contributed by atoms with Gasteiger partial charge in [0.15, 0.2) is 0 Å². The molecule has 0 atom stereocenters. The Balaban J connectivity index is 1.80. The minimum Gasteiger partial charge on any atom is -0.497 e. The molecule has 0 fully saturated rings. The summed E-state index contributed by atoms with van der Waals surface area (Å²) in [7, 11) is 3.27. The van der Waals surface area contributed by atoms with Gasteiger partial charge in [-0.15, -0.1) is 5.10 Å². The minimum atomic E-state index is 0.653. The molecule has 30 heavy (non-hydrogen) atoms. The molecular weight excluding hydrogens is 398 g/mol. The maximum absolute atomic E-state index is 6.04. The van der Waals surface area contributed by atoms with Crippen LogP contribution in [0.2, 0.25) is 5.02 Å². The third-order valence-corrected chi connectivity index (χ3v) is 4.77. The van der Waals surface area contributed by atoms with Crippen LogP contribution in [-0.2, 0) is 0 Å². The Bertz CT molecular complexity index is 1200. The molecule has 0 aliphatic heterocycles. The summed E-state index contributed by atoms with van der Waals surface area (Å²) in [5, 5.41) is 9.39. The van der Waals surface area contributed by atoms with Crippen molar-refractivity contribution in [2.24, 2.45) is 0 Å². The third-order valence-electron chi connectivity index (χ3n) is 4.52. The SMILES string of the molecule is COc1ccc(C#Cc2c(-c3ccc(OC)cc3)nnn2-c2ccc(Cl)cc2)cc1. The molecule has 148 valence electrons. The van der Waals surface area contributed by atoms with Gasteiger partial charge in [-0.2, -0.15) is 0 Å². The Morgan fingerprint density at radius 1 is 0.767 bits per heavy atom. The summed E-state index contributed by atoms with van der Waals surface area (Å²) in [5.74, 6) is 7.99. The Kier molecular flexibility index (Phi) is 5.69. The summed E-state index contributed by atoms with van der Waals surface area (Å²) in [6, 6.07) is 22.6. The van der Waals surface area contributed by atoms with Gasteiger partial charge in [-0.05, 0) is 78.7 Å². The van der Waals surface area contributed by atoms with Gasteiger partial charge in [0, 0.05) is 16.1 Å². The van der Waals surface area contributed by atoms with E-state index in [9.17, 15) is 0 Å². The van der Waals surface area contributed by atoms with E-state index in [4.69, 9.17) is 21.1 Å². The topological polar surface area (TPSA) is 49.2 Å². The van der Waals surface area contributed by atoms with Gasteiger partial charge < -0.3 is 9.47 Å². The van der Waals surface area contributed by atoms with Crippen molar-refractivity contribution in [2.75, 3.05) is 14.2 Å². The molecule has 0 unspecified atom stereocenters. The number of benzene rings is 3. The summed E-state index contributed by atoms with van der Waals surface area (Å²) >= 11 is 6.04. The van der Waals surface area contributed by atoms with Crippen molar-refractivity contribution in [1.29, 1.82) is 0 Å². The summed E-state index contributed by atoms with van der Waals surface area (Å²) < 4.78 is 12.2. The first-order chi connectivity index (χ1) is 14.7. The van der Waals surface area contributed by atoms with Crippen LogP contribution >= 0.6 is 11.6 Å². The van der Waals surface area contributed by atoms with Crippen LogP contribution in [0.15, 0.2) is 72.8 Å². The second-order valence-corrected chi connectivity index (χ2v) is 6.82. The molecule has 0 aliphatic rings. The number of halogens is 1. The molecule has 5 nitrogen and oxygen atoms in total. The lowest BCUT2D eigenvalue weighted by Gasteiger charge is -2.04. The molecule has 0 spiro atoms. The molecule has 0 aliphatic carbocycles. The Morgan fingerprint density at radius 2 is 1.37 bits per heavy atom. The lowest BCUT2D eigenvalue weighted by atomic mass is 10.1. The number of ether oxygens (including phenoxy) is 2. The molecule has 1 aromatic heterocycles. The Labute approximate surface area is 179 Å². The van der Waals surface area contributed by atoms with Gasteiger partial charge in [0.05, 0.1) is 19.9 Å². The van der Waals surface area contributed by atoms with E-state index in [0.29, 0.717) is 16.4 Å². The van der Waals surface area contributed by atoms with E-state index >= 15 is 0 Å². The molecule has 0 bridgehead atoms. The molecule has 6 heteroatoms. The number of rotatable bonds is 4. The maximum Gasteiger partial charge on any atom is 0.145 e. The number of methoxy groups -OCH3 is 2. The van der Waals surface area contributed by atoms with E-state index in [2.05, 4.69) is 22.2 Å². The molecule has 4 aromatic rings. The summed E-state index contributed by atoms with van der Waals surface area (Å²) in [4.78, 5) is 0. The minimum absolute atomic E-state index is 0.653. The number of hydrogen-bond donors (Lipinski definition) is 0. The smallest absolute Gasteiger partial charge is 0.145 e. The van der Waals surface area contributed by atoms with Gasteiger partial charge in [0.2, 0.25) is 0 Å². The first-order valence-corrected chi connectivity index (χ1v) is 9.58. The number of nitrogens with zero attached hydrogens (tertiary/aromatic N) is 3. The number of aromatic nitrogens is 3. The van der Waals surface area contributed by atoms with E-state index in [-0.39, 0.29) is 0 Å². The Morgan fingerprint density at radius 3 is 1.97 bits per heavy atom. The monoisotopic (exact) mass is 415 g/mol. The van der Waals surface area contributed by atoms with Crippen LogP contribution < -0.4 is 9.47 Å². The van der Waals surface area contributed by atoms with Crippen LogP contribution in [0.25, 0.3) is 16.9 Å². The summed E-state index contributed by atoms with van der Waals surface area (Å²) in [5.41, 5.74) is 3.95. The molecule has 1 heterocycles. The van der Waals surface area contributed by atoms with Gasteiger partial charge in [-0.25, -0.2) is 4.68 Å². The van der Waals surface area contributed by atoms with Crippen LogP contribution in [0, 0.1) is 11.8 Å². The van der Waals surface area contributed by atoms with E-state index in [1.165, 1.54) is 0 Å². The van der Waals surface area contributed by atoms with Gasteiger partial charge in [0.1, 0.15) is 22.9 Å². The van der Waals surface area contributed by atoms with Crippen molar-refractivity contribution < 1.29 is 9.47 Å². The van der Waals surface area contributed by atoms with Crippen molar-refractivity contribution in [2.45, 2.75) is 0 Å². The summed E-state index contributed by atoms with van der Waals surface area (Å²) in [6.07, 6.45) is 0. The standard InChI is InChI=1S/C24H18ClN3O2/c1-29-21-12-3-17(4-13-21)5-16-23-24(18-6-14-22(30-2)15-7-18)26-27-28(23)20-10-8-19(25)9-11-20/h3-4,6-15H,1-2H3. The zero-order valence-electron chi connectivity index (χ0n) is 16.5. The molecule has 0 N–H and O–H groups in total. The van der Waals surface area contributed by atoms with Crippen molar-refractivity contribution in [1.82, 2.24) is 15.0 Å². The van der Waals surface area contributed by atoms with Crippen molar-refractivity contribution in [3.63, 3.8) is 0 Å². The van der Waals surface area contributed by atoms with Crippen molar-refractivity contribution >= 4 is 11.6 Å². The first-order valence-electron chi connectivity index (χ1n) is 9.20. The fourth-order valence-corrected chi connectivity index (χ4v) is 3.03. The van der Waals surface area contributed by atoms with Gasteiger partial charge >= 0.3 is 0 Å². The average molecular weight is 416 g/mol. The molecule has 4 rings (SSSR count). The quantitative estimate of drug-likeness (QED) is 0.440. The largest absolute Gasteiger partial charge is 0.497 e. The van der Waals surface area contributed by atoms with E-state index in [1.54, 1.807) is 18.9 Å². The fraction of sp³-hybridized carbons (Fsp3) is 0.0833. The third kappa shape index (κ3) is 4.14. The van der Waals surface area contributed by atoms with Crippen molar-refractivity contribution in [3.8, 4) is 40.3 Å². The zero-order chi connectivity index (χ0) is 20.9. The lowest BCUT2D eigenvalue weighted by Crippen LogP contribution is -2.00. The molecule has 0 saturated heterocycles. The van der Waals surface area contributed by atoms with Gasteiger partial charge in [0.25, 0.3) is 0 Å². The van der Waals surface area contributed by atoms with Crippen LogP contribution in [0.5, 0.6) is 11.5 Å². The van der Waals surface area contributed by atoms with Crippen LogP contribution in [0.1, 0.15) is 11.3 Å². The molecular formula is C24H18ClN3O2. The highest BCUT2D eigenvalue weighted by Gasteiger charge is 2.15.